The first-order chi connectivity index (χ1) is 15.5. The fraction of sp³-hybridized carbons (Fsp3) is 0.0400. The van der Waals surface area contributed by atoms with Gasteiger partial charge < -0.3 is 18.6 Å². The summed E-state index contributed by atoms with van der Waals surface area (Å²) in [6, 6.07) is 18.5. The lowest BCUT2D eigenvalue weighted by Gasteiger charge is -2.07. The van der Waals surface area contributed by atoms with Crippen LogP contribution in [-0.2, 0) is 4.79 Å². The zero-order chi connectivity index (χ0) is 22.5. The van der Waals surface area contributed by atoms with E-state index in [1.807, 2.05) is 12.1 Å². The molecule has 0 radical (unpaired) electrons. The Bertz CT molecular complexity index is 1360. The molecule has 0 N–H and O–H groups in total. The molecule has 0 saturated heterocycles. The van der Waals surface area contributed by atoms with Gasteiger partial charge in [-0.3, -0.25) is 4.79 Å². The number of benzene rings is 3. The Balaban J connectivity index is 1.49. The predicted octanol–water partition coefficient (Wildman–Crippen LogP) is 5.87. The molecule has 3 aromatic carbocycles. The topological polar surface area (TPSA) is 75.0 Å². The minimum absolute atomic E-state index is 0.00207. The third-order valence-corrected chi connectivity index (χ3v) is 4.83. The van der Waals surface area contributed by atoms with Crippen molar-refractivity contribution in [2.75, 3.05) is 7.11 Å². The molecule has 6 nitrogen and oxygen atoms in total. The van der Waals surface area contributed by atoms with Gasteiger partial charge in [-0.1, -0.05) is 35.9 Å². The molecule has 160 valence electrons. The molecule has 0 saturated carbocycles. The van der Waals surface area contributed by atoms with Crippen LogP contribution in [0.3, 0.4) is 0 Å². The minimum Gasteiger partial charge on any atom is -0.497 e. The molecule has 0 aliphatic rings. The molecule has 0 aliphatic carbocycles. The fourth-order valence-corrected chi connectivity index (χ4v) is 3.07. The maximum absolute atomic E-state index is 12.7. The van der Waals surface area contributed by atoms with Crippen molar-refractivity contribution in [2.24, 2.45) is 0 Å². The van der Waals surface area contributed by atoms with E-state index in [4.69, 9.17) is 30.2 Å². The summed E-state index contributed by atoms with van der Waals surface area (Å²) in [6.45, 7) is 0. The van der Waals surface area contributed by atoms with Crippen molar-refractivity contribution in [1.29, 1.82) is 0 Å². The maximum atomic E-state index is 12.7. The quantitative estimate of drug-likeness (QED) is 0.209. The van der Waals surface area contributed by atoms with E-state index in [0.29, 0.717) is 10.8 Å². The summed E-state index contributed by atoms with van der Waals surface area (Å²) in [5.74, 6) is 0.738. The van der Waals surface area contributed by atoms with Crippen molar-refractivity contribution in [2.45, 2.75) is 0 Å². The molecular weight excluding hydrogens is 432 g/mol. The highest BCUT2D eigenvalue weighted by Crippen LogP contribution is 2.29. The Labute approximate surface area is 188 Å². The van der Waals surface area contributed by atoms with Gasteiger partial charge in [-0.2, -0.15) is 0 Å². The molecule has 32 heavy (non-hydrogen) atoms. The van der Waals surface area contributed by atoms with Gasteiger partial charge >= 0.3 is 5.97 Å². The van der Waals surface area contributed by atoms with Gasteiger partial charge in [0.25, 0.3) is 0 Å². The first-order valence-corrected chi connectivity index (χ1v) is 9.93. The van der Waals surface area contributed by atoms with Gasteiger partial charge in [0, 0.05) is 12.1 Å². The standard InChI is InChI=1S/C25H17ClO6/c1-29-17-9-6-16(7-10-17)8-13-24(27)31-18-11-12-19-22(14-18)30-15-23(25(19)28)32-21-5-3-2-4-20(21)26/h2-15H,1H3. The van der Waals surface area contributed by atoms with Gasteiger partial charge in [-0.25, -0.2) is 4.79 Å². The van der Waals surface area contributed by atoms with Gasteiger partial charge in [-0.05, 0) is 48.0 Å². The zero-order valence-electron chi connectivity index (χ0n) is 16.9. The summed E-state index contributed by atoms with van der Waals surface area (Å²) in [5.41, 5.74) is 0.702. The lowest BCUT2D eigenvalue weighted by atomic mass is 10.2. The number of carbonyl (C=O) groups excluding carboxylic acids is 1. The molecule has 1 aromatic heterocycles. The van der Waals surface area contributed by atoms with Crippen LogP contribution in [0, 0.1) is 0 Å². The van der Waals surface area contributed by atoms with Crippen molar-refractivity contribution in [3.63, 3.8) is 0 Å². The fourth-order valence-electron chi connectivity index (χ4n) is 2.90. The van der Waals surface area contributed by atoms with Crippen LogP contribution in [0.1, 0.15) is 5.56 Å². The predicted molar refractivity (Wildman–Crippen MR) is 122 cm³/mol. The highest BCUT2D eigenvalue weighted by atomic mass is 35.5. The minimum atomic E-state index is -0.568. The van der Waals surface area contributed by atoms with E-state index in [-0.39, 0.29) is 27.9 Å². The van der Waals surface area contributed by atoms with Crippen molar-refractivity contribution in [3.8, 4) is 23.0 Å². The molecule has 0 amide bonds. The largest absolute Gasteiger partial charge is 0.497 e. The number of carbonyl (C=O) groups is 1. The number of fused-ring (bicyclic) bond motifs is 1. The Morgan fingerprint density at radius 3 is 2.47 bits per heavy atom. The van der Waals surface area contributed by atoms with Crippen molar-refractivity contribution >= 4 is 34.6 Å². The third kappa shape index (κ3) is 4.82. The van der Waals surface area contributed by atoms with E-state index >= 15 is 0 Å². The number of rotatable bonds is 6. The number of hydrogen-bond acceptors (Lipinski definition) is 6. The molecule has 0 bridgehead atoms. The molecule has 4 rings (SSSR count). The van der Waals surface area contributed by atoms with Gasteiger partial charge in [-0.15, -0.1) is 0 Å². The van der Waals surface area contributed by atoms with E-state index in [1.165, 1.54) is 30.5 Å². The number of methoxy groups -OCH3 is 1. The van der Waals surface area contributed by atoms with Crippen LogP contribution in [0.4, 0.5) is 0 Å². The molecule has 0 atom stereocenters. The van der Waals surface area contributed by atoms with Crippen LogP contribution in [0.25, 0.3) is 17.0 Å². The second-order valence-electron chi connectivity index (χ2n) is 6.65. The highest BCUT2D eigenvalue weighted by molar-refractivity contribution is 6.32. The van der Waals surface area contributed by atoms with E-state index in [0.717, 1.165) is 11.3 Å². The van der Waals surface area contributed by atoms with E-state index in [9.17, 15) is 9.59 Å². The lowest BCUT2D eigenvalue weighted by Crippen LogP contribution is -2.06. The number of esters is 1. The van der Waals surface area contributed by atoms with E-state index in [1.54, 1.807) is 49.6 Å². The second-order valence-corrected chi connectivity index (χ2v) is 7.05. The van der Waals surface area contributed by atoms with Crippen LogP contribution in [0.5, 0.6) is 23.0 Å². The Kier molecular flexibility index (Phi) is 6.24. The van der Waals surface area contributed by atoms with Crippen LogP contribution < -0.4 is 19.6 Å². The second kappa shape index (κ2) is 9.41. The van der Waals surface area contributed by atoms with Crippen molar-refractivity contribution < 1.29 is 23.4 Å². The molecule has 0 spiro atoms. The summed E-state index contributed by atoms with van der Waals surface area (Å²) in [5, 5.41) is 0.653. The average molecular weight is 449 g/mol. The number of hydrogen-bond donors (Lipinski definition) is 0. The van der Waals surface area contributed by atoms with Crippen LogP contribution >= 0.6 is 11.6 Å². The highest BCUT2D eigenvalue weighted by Gasteiger charge is 2.12. The van der Waals surface area contributed by atoms with Gasteiger partial charge in [0.1, 0.15) is 29.1 Å². The summed E-state index contributed by atoms with van der Waals surface area (Å²) in [6.07, 6.45) is 4.13. The Hall–Kier alpha value is -4.03. The summed E-state index contributed by atoms with van der Waals surface area (Å²) in [7, 11) is 1.58. The van der Waals surface area contributed by atoms with Gasteiger partial charge in [0.05, 0.1) is 17.5 Å². The van der Waals surface area contributed by atoms with Gasteiger partial charge in [0.2, 0.25) is 11.2 Å². The first kappa shape index (κ1) is 21.2. The molecular formula is C25H17ClO6. The summed E-state index contributed by atoms with van der Waals surface area (Å²) >= 11 is 6.08. The molecule has 7 heteroatoms. The summed E-state index contributed by atoms with van der Waals surface area (Å²) in [4.78, 5) is 24.9. The van der Waals surface area contributed by atoms with Crippen LogP contribution in [0.15, 0.2) is 88.3 Å². The number of ether oxygens (including phenoxy) is 3. The molecule has 0 aliphatic heterocycles. The summed E-state index contributed by atoms with van der Waals surface area (Å²) < 4.78 is 21.5. The van der Waals surface area contributed by atoms with Gasteiger partial charge in [0.15, 0.2) is 0 Å². The molecule has 4 aromatic rings. The molecule has 0 unspecified atom stereocenters. The monoisotopic (exact) mass is 448 g/mol. The lowest BCUT2D eigenvalue weighted by molar-refractivity contribution is -0.128. The maximum Gasteiger partial charge on any atom is 0.336 e. The third-order valence-electron chi connectivity index (χ3n) is 4.52. The Morgan fingerprint density at radius 1 is 0.969 bits per heavy atom. The first-order valence-electron chi connectivity index (χ1n) is 9.55. The smallest absolute Gasteiger partial charge is 0.336 e. The Morgan fingerprint density at radius 2 is 1.72 bits per heavy atom. The van der Waals surface area contributed by atoms with E-state index < -0.39 is 5.97 Å². The molecule has 1 heterocycles. The van der Waals surface area contributed by atoms with Crippen molar-refractivity contribution in [1.82, 2.24) is 0 Å². The van der Waals surface area contributed by atoms with Crippen LogP contribution in [0.2, 0.25) is 5.02 Å². The van der Waals surface area contributed by atoms with Crippen LogP contribution in [-0.4, -0.2) is 13.1 Å². The number of halogens is 1. The van der Waals surface area contributed by atoms with Crippen molar-refractivity contribution in [3.05, 3.63) is 99.9 Å². The van der Waals surface area contributed by atoms with E-state index in [2.05, 4.69) is 0 Å². The average Bonchev–Trinajstić information content (AvgIpc) is 2.81. The number of para-hydroxylation sites is 1. The SMILES string of the molecule is COc1ccc(C=CC(=O)Oc2ccc3c(=O)c(Oc4ccccc4Cl)coc3c2)cc1. The molecule has 0 fully saturated rings. The zero-order valence-corrected chi connectivity index (χ0v) is 17.7. The normalized spacial score (nSPS) is 10.9.